The summed E-state index contributed by atoms with van der Waals surface area (Å²) in [4.78, 5) is 1.23. The zero-order valence-corrected chi connectivity index (χ0v) is 12.6. The summed E-state index contributed by atoms with van der Waals surface area (Å²) in [5.74, 6) is 0. The zero-order chi connectivity index (χ0) is 12.8. The second kappa shape index (κ2) is 4.48. The van der Waals surface area contributed by atoms with Gasteiger partial charge in [-0.3, -0.25) is 0 Å². The van der Waals surface area contributed by atoms with Crippen LogP contribution >= 0.6 is 27.3 Å². The predicted molar refractivity (Wildman–Crippen MR) is 79.1 cm³/mol. The maximum absolute atomic E-state index is 10.9. The molecule has 1 aliphatic rings. The van der Waals surface area contributed by atoms with Gasteiger partial charge in [0.15, 0.2) is 0 Å². The van der Waals surface area contributed by atoms with Crippen LogP contribution < -0.4 is 0 Å². The second-order valence-corrected chi connectivity index (χ2v) is 7.62. The number of hydrogen-bond acceptors (Lipinski definition) is 2. The van der Waals surface area contributed by atoms with Crippen LogP contribution in [-0.4, -0.2) is 5.11 Å². The van der Waals surface area contributed by atoms with Gasteiger partial charge in [0.05, 0.1) is 9.39 Å². The number of aryl methyl sites for hydroxylation is 2. The van der Waals surface area contributed by atoms with Gasteiger partial charge in [0.25, 0.3) is 0 Å². The van der Waals surface area contributed by atoms with E-state index in [1.54, 1.807) is 11.3 Å². The molecular weight excluding hydrogens is 308 g/mol. The minimum absolute atomic E-state index is 0.675. The highest BCUT2D eigenvalue weighted by Gasteiger charge is 2.37. The quantitative estimate of drug-likeness (QED) is 0.878. The average Bonchev–Trinajstić information content (AvgIpc) is 2.85. The normalized spacial score (nSPS) is 22.2. The van der Waals surface area contributed by atoms with Crippen LogP contribution in [-0.2, 0) is 18.4 Å². The summed E-state index contributed by atoms with van der Waals surface area (Å²) in [6.07, 6.45) is 2.54. The highest BCUT2D eigenvalue weighted by Crippen LogP contribution is 2.41. The summed E-state index contributed by atoms with van der Waals surface area (Å²) < 4.78 is 1.13. The van der Waals surface area contributed by atoms with Crippen molar-refractivity contribution in [3.63, 3.8) is 0 Å². The Hall–Kier alpha value is -0.640. The second-order valence-electron chi connectivity index (χ2n) is 5.07. The van der Waals surface area contributed by atoms with Crippen LogP contribution in [0.1, 0.15) is 28.0 Å². The lowest BCUT2D eigenvalue weighted by Crippen LogP contribution is -2.24. The van der Waals surface area contributed by atoms with Crippen molar-refractivity contribution in [1.82, 2.24) is 0 Å². The Balaban J connectivity index is 1.96. The van der Waals surface area contributed by atoms with Crippen LogP contribution in [0.25, 0.3) is 0 Å². The van der Waals surface area contributed by atoms with Crippen LogP contribution in [0.4, 0.5) is 0 Å². The number of thiophene rings is 1. The first-order valence-corrected chi connectivity index (χ1v) is 7.74. The maximum Gasteiger partial charge on any atom is 0.0950 e. The molecule has 1 aromatic heterocycles. The van der Waals surface area contributed by atoms with E-state index >= 15 is 0 Å². The van der Waals surface area contributed by atoms with E-state index in [1.165, 1.54) is 16.0 Å². The number of halogens is 1. The molecule has 94 valence electrons. The zero-order valence-electron chi connectivity index (χ0n) is 10.2. The third-order valence-electron chi connectivity index (χ3n) is 3.67. The third-order valence-corrected chi connectivity index (χ3v) is 5.29. The molecular formula is C15H15BrOS. The fourth-order valence-corrected chi connectivity index (χ4v) is 4.33. The summed E-state index contributed by atoms with van der Waals surface area (Å²) in [6.45, 7) is 2.08. The highest BCUT2D eigenvalue weighted by molar-refractivity contribution is 9.11. The van der Waals surface area contributed by atoms with E-state index < -0.39 is 5.60 Å². The molecule has 1 aromatic carbocycles. The van der Waals surface area contributed by atoms with Crippen LogP contribution in [0.5, 0.6) is 0 Å². The lowest BCUT2D eigenvalue weighted by molar-refractivity contribution is 0.0397. The van der Waals surface area contributed by atoms with Gasteiger partial charge in [0.2, 0.25) is 0 Å². The topological polar surface area (TPSA) is 20.2 Å². The molecule has 0 fully saturated rings. The number of aliphatic hydroxyl groups is 1. The van der Waals surface area contributed by atoms with Gasteiger partial charge in [-0.15, -0.1) is 11.3 Å². The van der Waals surface area contributed by atoms with E-state index in [0.29, 0.717) is 0 Å². The molecule has 3 heteroatoms. The summed E-state index contributed by atoms with van der Waals surface area (Å²) in [5, 5.41) is 10.9. The number of fused-ring (bicyclic) bond motifs is 1. The Bertz CT molecular complexity index is 590. The Kier molecular flexibility index (Phi) is 3.08. The smallest absolute Gasteiger partial charge is 0.0950 e. The van der Waals surface area contributed by atoms with E-state index in [9.17, 15) is 5.11 Å². The monoisotopic (exact) mass is 322 g/mol. The summed E-state index contributed by atoms with van der Waals surface area (Å²) >= 11 is 5.19. The van der Waals surface area contributed by atoms with Crippen molar-refractivity contribution in [2.75, 3.05) is 0 Å². The van der Waals surface area contributed by atoms with Gasteiger partial charge in [-0.25, -0.2) is 0 Å². The molecule has 2 aromatic rings. The number of benzene rings is 1. The Morgan fingerprint density at radius 2 is 2.17 bits per heavy atom. The molecule has 0 spiro atoms. The van der Waals surface area contributed by atoms with Gasteiger partial charge in [-0.2, -0.15) is 0 Å². The van der Waals surface area contributed by atoms with Gasteiger partial charge < -0.3 is 5.11 Å². The molecule has 1 heterocycles. The molecule has 1 nitrogen and oxygen atoms in total. The van der Waals surface area contributed by atoms with E-state index in [1.807, 2.05) is 0 Å². The Morgan fingerprint density at radius 1 is 1.33 bits per heavy atom. The van der Waals surface area contributed by atoms with Crippen molar-refractivity contribution in [3.8, 4) is 0 Å². The van der Waals surface area contributed by atoms with Crippen molar-refractivity contribution < 1.29 is 5.11 Å². The molecule has 0 saturated heterocycles. The largest absolute Gasteiger partial charge is 0.385 e. The van der Waals surface area contributed by atoms with Crippen molar-refractivity contribution in [2.24, 2.45) is 0 Å². The summed E-state index contributed by atoms with van der Waals surface area (Å²) in [5.41, 5.74) is 2.98. The van der Waals surface area contributed by atoms with Gasteiger partial charge in [0, 0.05) is 11.3 Å². The Labute approximate surface area is 120 Å². The van der Waals surface area contributed by atoms with Crippen molar-refractivity contribution in [1.29, 1.82) is 0 Å². The standard InChI is InChI=1S/C15H15BrOS/c1-10-2-3-11-6-7-15(17,13(11)8-10)9-12-4-5-14(16)18-12/h2-5,8,17H,6-7,9H2,1H3. The van der Waals surface area contributed by atoms with Gasteiger partial charge in [-0.1, -0.05) is 23.8 Å². The van der Waals surface area contributed by atoms with Crippen LogP contribution in [0.3, 0.4) is 0 Å². The predicted octanol–water partition coefficient (Wildman–Crippen LogP) is 4.20. The molecule has 1 unspecified atom stereocenters. The first-order valence-electron chi connectivity index (χ1n) is 6.13. The third kappa shape index (κ3) is 2.15. The average molecular weight is 323 g/mol. The maximum atomic E-state index is 10.9. The SMILES string of the molecule is Cc1ccc2c(c1)C(O)(Cc1ccc(Br)s1)CC2. The number of hydrogen-bond donors (Lipinski definition) is 1. The number of rotatable bonds is 2. The molecule has 1 aliphatic carbocycles. The van der Waals surface area contributed by atoms with Gasteiger partial charge >= 0.3 is 0 Å². The van der Waals surface area contributed by atoms with Crippen molar-refractivity contribution >= 4 is 27.3 Å². The Morgan fingerprint density at radius 3 is 2.89 bits per heavy atom. The molecule has 1 atom stereocenters. The van der Waals surface area contributed by atoms with Gasteiger partial charge in [-0.05, 0) is 59.0 Å². The molecule has 0 aliphatic heterocycles. The summed E-state index contributed by atoms with van der Waals surface area (Å²) in [7, 11) is 0. The van der Waals surface area contributed by atoms with Crippen LogP contribution in [0.15, 0.2) is 34.1 Å². The minimum atomic E-state index is -0.675. The fraction of sp³-hybridized carbons (Fsp3) is 0.333. The highest BCUT2D eigenvalue weighted by atomic mass is 79.9. The van der Waals surface area contributed by atoms with Crippen molar-refractivity contribution in [2.45, 2.75) is 31.8 Å². The lowest BCUT2D eigenvalue weighted by Gasteiger charge is -2.23. The first-order chi connectivity index (χ1) is 8.57. The fourth-order valence-electron chi connectivity index (χ4n) is 2.74. The molecule has 3 rings (SSSR count). The molecule has 0 amide bonds. The van der Waals surface area contributed by atoms with E-state index in [4.69, 9.17) is 0 Å². The molecule has 0 bridgehead atoms. The van der Waals surface area contributed by atoms with Crippen LogP contribution in [0, 0.1) is 6.92 Å². The lowest BCUT2D eigenvalue weighted by atomic mass is 9.91. The van der Waals surface area contributed by atoms with Gasteiger partial charge in [0.1, 0.15) is 0 Å². The van der Waals surface area contributed by atoms with E-state index in [-0.39, 0.29) is 0 Å². The summed E-state index contributed by atoms with van der Waals surface area (Å²) in [6, 6.07) is 10.6. The van der Waals surface area contributed by atoms with Crippen molar-refractivity contribution in [3.05, 3.63) is 55.7 Å². The van der Waals surface area contributed by atoms with Crippen LogP contribution in [0.2, 0.25) is 0 Å². The van der Waals surface area contributed by atoms with E-state index in [0.717, 1.165) is 28.6 Å². The molecule has 18 heavy (non-hydrogen) atoms. The minimum Gasteiger partial charge on any atom is -0.385 e. The van der Waals surface area contributed by atoms with E-state index in [2.05, 4.69) is 53.2 Å². The first kappa shape index (κ1) is 12.4. The molecule has 0 saturated carbocycles. The molecule has 1 N–H and O–H groups in total. The molecule has 0 radical (unpaired) electrons.